The van der Waals surface area contributed by atoms with Crippen molar-refractivity contribution in [3.8, 4) is 17.4 Å². The molecule has 0 amide bonds. The molecule has 0 fully saturated rings. The molecular formula is C21H23N7O4. The third kappa shape index (κ3) is 5.45. The number of nitrogens with zero attached hydrogens (tertiary/aromatic N) is 4. The number of benzene rings is 1. The van der Waals surface area contributed by atoms with Gasteiger partial charge < -0.3 is 29.4 Å². The van der Waals surface area contributed by atoms with E-state index in [4.69, 9.17) is 18.7 Å². The predicted molar refractivity (Wildman–Crippen MR) is 116 cm³/mol. The Morgan fingerprint density at radius 1 is 1.03 bits per heavy atom. The van der Waals surface area contributed by atoms with Crippen LogP contribution in [0.5, 0.6) is 17.4 Å². The molecule has 0 aliphatic heterocycles. The molecule has 3 aromatic heterocycles. The van der Waals surface area contributed by atoms with Crippen LogP contribution in [0.1, 0.15) is 17.0 Å². The molecule has 32 heavy (non-hydrogen) atoms. The lowest BCUT2D eigenvalue weighted by molar-refractivity contribution is 0.291. The minimum absolute atomic E-state index is 0.317. The summed E-state index contributed by atoms with van der Waals surface area (Å²) in [5.74, 6) is 4.17. The molecule has 1 aromatic carbocycles. The minimum Gasteiger partial charge on any atom is -0.497 e. The number of aryl methyl sites for hydroxylation is 1. The van der Waals surface area contributed by atoms with Gasteiger partial charge in [-0.2, -0.15) is 10.1 Å². The smallest absolute Gasteiger partial charge is 0.224 e. The lowest BCUT2D eigenvalue weighted by Crippen LogP contribution is -2.04. The van der Waals surface area contributed by atoms with Crippen LogP contribution >= 0.6 is 0 Å². The second-order valence-corrected chi connectivity index (χ2v) is 6.81. The van der Waals surface area contributed by atoms with Gasteiger partial charge in [0.05, 0.1) is 26.5 Å². The van der Waals surface area contributed by atoms with Crippen molar-refractivity contribution < 1.29 is 18.7 Å². The molecular weight excluding hydrogens is 414 g/mol. The molecule has 0 saturated heterocycles. The molecule has 166 valence electrons. The average Bonchev–Trinajstić information content (AvgIpc) is 3.44. The van der Waals surface area contributed by atoms with Crippen molar-refractivity contribution in [3.63, 3.8) is 0 Å². The SMILES string of the molecule is COc1cc(COc2cc(Nc3ccnc(NCc4cc(C)no4)n3)n[nH]2)cc(OC)c1. The van der Waals surface area contributed by atoms with E-state index < -0.39 is 0 Å². The summed E-state index contributed by atoms with van der Waals surface area (Å²) < 4.78 is 21.5. The van der Waals surface area contributed by atoms with Crippen LogP contribution in [0, 0.1) is 6.92 Å². The third-order valence-corrected chi connectivity index (χ3v) is 4.37. The van der Waals surface area contributed by atoms with Gasteiger partial charge in [-0.05, 0) is 30.7 Å². The highest BCUT2D eigenvalue weighted by atomic mass is 16.5. The first-order chi connectivity index (χ1) is 15.6. The normalized spacial score (nSPS) is 10.6. The van der Waals surface area contributed by atoms with Gasteiger partial charge in [0.2, 0.25) is 11.8 Å². The Morgan fingerprint density at radius 2 is 1.84 bits per heavy atom. The predicted octanol–water partition coefficient (Wildman–Crippen LogP) is 3.45. The van der Waals surface area contributed by atoms with Crippen LogP contribution < -0.4 is 24.8 Å². The second-order valence-electron chi connectivity index (χ2n) is 6.81. The fourth-order valence-corrected chi connectivity index (χ4v) is 2.86. The van der Waals surface area contributed by atoms with E-state index in [9.17, 15) is 0 Å². The molecule has 0 aliphatic rings. The van der Waals surface area contributed by atoms with Gasteiger partial charge in [-0.25, -0.2) is 10.1 Å². The quantitative estimate of drug-likeness (QED) is 0.339. The highest BCUT2D eigenvalue weighted by molar-refractivity contribution is 5.53. The van der Waals surface area contributed by atoms with Gasteiger partial charge in [0.1, 0.15) is 23.9 Å². The van der Waals surface area contributed by atoms with E-state index in [1.54, 1.807) is 38.6 Å². The number of hydrogen-bond acceptors (Lipinski definition) is 10. The van der Waals surface area contributed by atoms with Crippen molar-refractivity contribution >= 4 is 17.6 Å². The Morgan fingerprint density at radius 3 is 2.56 bits per heavy atom. The molecule has 0 saturated carbocycles. The molecule has 4 rings (SSSR count). The lowest BCUT2D eigenvalue weighted by Gasteiger charge is -2.08. The summed E-state index contributed by atoms with van der Waals surface area (Å²) in [6, 6.07) is 10.9. The van der Waals surface area contributed by atoms with Crippen LogP contribution in [0.15, 0.2) is 47.1 Å². The second kappa shape index (κ2) is 9.69. The molecule has 0 aliphatic carbocycles. The maximum Gasteiger partial charge on any atom is 0.224 e. The molecule has 3 heterocycles. The standard InChI is InChI=1S/C21H23N7O4/c1-13-6-17(32-28-13)11-23-21-22-5-4-18(25-21)24-19-10-20(27-26-19)31-12-14-7-15(29-2)9-16(8-14)30-3/h4-10H,11-12H2,1-3H3,(H3,22,23,24,25,26,27). The number of nitrogens with one attached hydrogen (secondary N) is 3. The maximum absolute atomic E-state index is 5.79. The van der Waals surface area contributed by atoms with E-state index >= 15 is 0 Å². The van der Waals surface area contributed by atoms with Crippen LogP contribution in [0.4, 0.5) is 17.6 Å². The summed E-state index contributed by atoms with van der Waals surface area (Å²) in [5.41, 5.74) is 1.72. The van der Waals surface area contributed by atoms with E-state index in [0.717, 1.165) is 11.3 Å². The van der Waals surface area contributed by atoms with Crippen LogP contribution in [-0.4, -0.2) is 39.5 Å². The molecule has 0 spiro atoms. The zero-order valence-electron chi connectivity index (χ0n) is 17.9. The molecule has 0 unspecified atom stereocenters. The Bertz CT molecular complexity index is 1150. The van der Waals surface area contributed by atoms with Gasteiger partial charge in [0.25, 0.3) is 0 Å². The fraction of sp³-hybridized carbons (Fsp3) is 0.238. The van der Waals surface area contributed by atoms with Crippen LogP contribution in [-0.2, 0) is 13.2 Å². The summed E-state index contributed by atoms with van der Waals surface area (Å²) in [6.07, 6.45) is 1.64. The number of methoxy groups -OCH3 is 2. The first kappa shape index (κ1) is 21.0. The molecule has 11 heteroatoms. The number of anilines is 3. The van der Waals surface area contributed by atoms with Crippen molar-refractivity contribution in [1.29, 1.82) is 0 Å². The number of hydrogen-bond donors (Lipinski definition) is 3. The number of rotatable bonds is 10. The zero-order valence-corrected chi connectivity index (χ0v) is 17.9. The summed E-state index contributed by atoms with van der Waals surface area (Å²) in [7, 11) is 3.21. The van der Waals surface area contributed by atoms with Crippen molar-refractivity contribution in [2.45, 2.75) is 20.1 Å². The lowest BCUT2D eigenvalue weighted by atomic mass is 10.2. The monoisotopic (exact) mass is 437 g/mol. The number of aromatic amines is 1. The Kier molecular flexibility index (Phi) is 6.35. The van der Waals surface area contributed by atoms with Crippen molar-refractivity contribution in [2.24, 2.45) is 0 Å². The molecule has 3 N–H and O–H groups in total. The van der Waals surface area contributed by atoms with E-state index in [1.807, 2.05) is 25.1 Å². The zero-order chi connectivity index (χ0) is 22.3. The topological polar surface area (TPSA) is 132 Å². The van der Waals surface area contributed by atoms with Crippen molar-refractivity contribution in [1.82, 2.24) is 25.3 Å². The first-order valence-electron chi connectivity index (χ1n) is 9.77. The number of aromatic nitrogens is 5. The largest absolute Gasteiger partial charge is 0.497 e. The van der Waals surface area contributed by atoms with Gasteiger partial charge in [-0.15, -0.1) is 0 Å². The Hall–Kier alpha value is -4.28. The molecule has 0 atom stereocenters. The van der Waals surface area contributed by atoms with Crippen LogP contribution in [0.2, 0.25) is 0 Å². The molecule has 11 nitrogen and oxygen atoms in total. The van der Waals surface area contributed by atoms with Gasteiger partial charge in [0.15, 0.2) is 11.6 Å². The highest BCUT2D eigenvalue weighted by Gasteiger charge is 2.08. The molecule has 0 radical (unpaired) electrons. The highest BCUT2D eigenvalue weighted by Crippen LogP contribution is 2.24. The Labute approximate surface area is 184 Å². The first-order valence-corrected chi connectivity index (χ1v) is 9.77. The number of H-pyrrole nitrogens is 1. The van der Waals surface area contributed by atoms with Gasteiger partial charge in [0, 0.05) is 24.4 Å². The summed E-state index contributed by atoms with van der Waals surface area (Å²) in [5, 5.41) is 17.1. The van der Waals surface area contributed by atoms with E-state index in [0.29, 0.717) is 53.9 Å². The fourth-order valence-electron chi connectivity index (χ4n) is 2.86. The number of ether oxygens (including phenoxy) is 3. The van der Waals surface area contributed by atoms with Crippen molar-refractivity contribution in [3.05, 3.63) is 59.6 Å². The van der Waals surface area contributed by atoms with Gasteiger partial charge in [-0.3, -0.25) is 0 Å². The van der Waals surface area contributed by atoms with Crippen molar-refractivity contribution in [2.75, 3.05) is 24.9 Å². The van der Waals surface area contributed by atoms with E-state index in [1.165, 1.54) is 0 Å². The third-order valence-electron chi connectivity index (χ3n) is 4.37. The summed E-state index contributed by atoms with van der Waals surface area (Å²) in [4.78, 5) is 8.61. The van der Waals surface area contributed by atoms with Crippen LogP contribution in [0.3, 0.4) is 0 Å². The summed E-state index contributed by atoms with van der Waals surface area (Å²) in [6.45, 7) is 2.61. The van der Waals surface area contributed by atoms with Gasteiger partial charge in [-0.1, -0.05) is 5.16 Å². The average molecular weight is 437 g/mol. The minimum atomic E-state index is 0.317. The van der Waals surface area contributed by atoms with E-state index in [-0.39, 0.29) is 0 Å². The van der Waals surface area contributed by atoms with Gasteiger partial charge >= 0.3 is 0 Å². The maximum atomic E-state index is 5.79. The molecule has 4 aromatic rings. The summed E-state index contributed by atoms with van der Waals surface area (Å²) >= 11 is 0. The molecule has 0 bridgehead atoms. The Balaban J connectivity index is 1.34. The van der Waals surface area contributed by atoms with Crippen LogP contribution in [0.25, 0.3) is 0 Å². The van der Waals surface area contributed by atoms with E-state index in [2.05, 4.69) is 36.0 Å².